The van der Waals surface area contributed by atoms with Crippen molar-refractivity contribution < 1.29 is 13.9 Å². The summed E-state index contributed by atoms with van der Waals surface area (Å²) in [5.74, 6) is -0.333. The van der Waals surface area contributed by atoms with Crippen LogP contribution in [-0.4, -0.2) is 42.0 Å². The third-order valence-corrected chi connectivity index (χ3v) is 6.73. The second-order valence-electron chi connectivity index (χ2n) is 9.08. The Kier molecular flexibility index (Phi) is 9.16. The lowest BCUT2D eigenvalue weighted by Gasteiger charge is -2.24. The molecule has 2 aromatic carbocycles. The van der Waals surface area contributed by atoms with Gasteiger partial charge in [0, 0.05) is 29.8 Å². The van der Waals surface area contributed by atoms with Gasteiger partial charge in [0.05, 0.1) is 39.8 Å². The minimum Gasteiger partial charge on any atom is -0.492 e. The number of nitrogens with zero attached hydrogens (tertiary/aromatic N) is 3. The summed E-state index contributed by atoms with van der Waals surface area (Å²) >= 11 is 5.99. The average molecular weight is 536 g/mol. The lowest BCUT2D eigenvalue weighted by Crippen LogP contribution is -2.29. The molecule has 0 aliphatic carbocycles. The number of anilines is 3. The van der Waals surface area contributed by atoms with Crippen LogP contribution in [0.4, 0.5) is 21.5 Å². The molecule has 1 aliphatic heterocycles. The fourth-order valence-electron chi connectivity index (χ4n) is 4.56. The van der Waals surface area contributed by atoms with Crippen molar-refractivity contribution in [2.24, 2.45) is 0 Å². The van der Waals surface area contributed by atoms with Crippen molar-refractivity contribution in [1.29, 1.82) is 5.26 Å². The number of nitriles is 1. The van der Waals surface area contributed by atoms with E-state index in [4.69, 9.17) is 21.3 Å². The quantitative estimate of drug-likeness (QED) is 0.301. The lowest BCUT2D eigenvalue weighted by molar-refractivity contribution is -0.111. The molecule has 0 bridgehead atoms. The number of hydrogen-bond acceptors (Lipinski definition) is 6. The number of amides is 1. The molecule has 1 amide bonds. The molecule has 7 nitrogen and oxygen atoms in total. The highest BCUT2D eigenvalue weighted by atomic mass is 35.5. The van der Waals surface area contributed by atoms with E-state index >= 15 is 0 Å². The zero-order valence-electron chi connectivity index (χ0n) is 21.6. The van der Waals surface area contributed by atoms with Gasteiger partial charge in [0.1, 0.15) is 17.6 Å². The Balaban J connectivity index is 1.72. The van der Waals surface area contributed by atoms with Gasteiger partial charge < -0.3 is 15.4 Å². The summed E-state index contributed by atoms with van der Waals surface area (Å²) < 4.78 is 19.6. The molecule has 0 spiro atoms. The van der Waals surface area contributed by atoms with Gasteiger partial charge in [0.25, 0.3) is 0 Å². The zero-order valence-corrected chi connectivity index (χ0v) is 22.4. The molecule has 2 heterocycles. The van der Waals surface area contributed by atoms with E-state index in [1.165, 1.54) is 37.5 Å². The topological polar surface area (TPSA) is 90.3 Å². The van der Waals surface area contributed by atoms with Crippen LogP contribution >= 0.6 is 11.6 Å². The molecular formula is C29H31ClFN5O2. The van der Waals surface area contributed by atoms with E-state index in [1.54, 1.807) is 18.2 Å². The number of carbonyl (C=O) groups excluding carboxylic acids is 1. The van der Waals surface area contributed by atoms with Crippen LogP contribution in [0.2, 0.25) is 5.02 Å². The number of ether oxygens (including phenoxy) is 1. The zero-order chi connectivity index (χ0) is 27.1. The number of fused-ring (bicyclic) bond motifs is 1. The number of nitrogens with one attached hydrogen (secondary N) is 2. The minimum atomic E-state index is -0.536. The van der Waals surface area contributed by atoms with Crippen molar-refractivity contribution in [3.63, 3.8) is 0 Å². The Hall–Kier alpha value is -3.67. The molecule has 0 unspecified atom stereocenters. The first-order valence-electron chi connectivity index (χ1n) is 12.9. The third-order valence-electron chi connectivity index (χ3n) is 6.44. The van der Waals surface area contributed by atoms with E-state index in [1.807, 2.05) is 19.9 Å². The standard InChI is InChI=1S/C29H31ClFN5O2/c1-3-24-21(18-32)29(33-19-10-11-23(31)22(30)15-19)20-16-26(27(38-4-2)17-25(20)34-24)35-28(37)9-8-14-36-12-6-5-7-13-36/h8-11,15-17H,3-7,12-14H2,1-2H3,(H,33,34)(H,35,37)/b9-8+. The maximum absolute atomic E-state index is 13.8. The van der Waals surface area contributed by atoms with Crippen LogP contribution in [0.3, 0.4) is 0 Å². The molecule has 1 fully saturated rings. The van der Waals surface area contributed by atoms with Gasteiger partial charge in [-0.05, 0) is 63.5 Å². The first-order valence-corrected chi connectivity index (χ1v) is 13.3. The number of hydrogen-bond donors (Lipinski definition) is 2. The molecule has 3 aromatic rings. The molecule has 1 saturated heterocycles. The predicted octanol–water partition coefficient (Wildman–Crippen LogP) is 6.58. The van der Waals surface area contributed by atoms with Gasteiger partial charge in [-0.1, -0.05) is 31.0 Å². The smallest absolute Gasteiger partial charge is 0.248 e. The Bertz CT molecular complexity index is 1400. The molecule has 1 aliphatic rings. The van der Waals surface area contributed by atoms with E-state index in [9.17, 15) is 14.4 Å². The number of pyridine rings is 1. The summed E-state index contributed by atoms with van der Waals surface area (Å²) in [6, 6.07) is 10.0. The van der Waals surface area contributed by atoms with Crippen LogP contribution in [0.5, 0.6) is 5.75 Å². The number of benzene rings is 2. The summed E-state index contributed by atoms with van der Waals surface area (Å²) in [5.41, 5.74) is 3.04. The molecule has 0 radical (unpaired) electrons. The normalized spacial score (nSPS) is 14.0. The number of rotatable bonds is 9. The third kappa shape index (κ3) is 6.42. The van der Waals surface area contributed by atoms with Crippen LogP contribution < -0.4 is 15.4 Å². The van der Waals surface area contributed by atoms with E-state index < -0.39 is 5.82 Å². The molecular weight excluding hydrogens is 505 g/mol. The van der Waals surface area contributed by atoms with Gasteiger partial charge in [-0.25, -0.2) is 4.39 Å². The van der Waals surface area contributed by atoms with Crippen LogP contribution in [0.15, 0.2) is 42.5 Å². The van der Waals surface area contributed by atoms with Crippen LogP contribution in [0.25, 0.3) is 10.9 Å². The molecule has 9 heteroatoms. The molecule has 2 N–H and O–H groups in total. The Morgan fingerprint density at radius 3 is 2.71 bits per heavy atom. The van der Waals surface area contributed by atoms with E-state index in [2.05, 4.69) is 21.6 Å². The van der Waals surface area contributed by atoms with Gasteiger partial charge in [-0.15, -0.1) is 0 Å². The highest BCUT2D eigenvalue weighted by Gasteiger charge is 2.19. The maximum Gasteiger partial charge on any atom is 0.248 e. The maximum atomic E-state index is 13.8. The number of halogens is 2. The number of aromatic nitrogens is 1. The van der Waals surface area contributed by atoms with Crippen LogP contribution in [0.1, 0.15) is 44.4 Å². The van der Waals surface area contributed by atoms with Crippen molar-refractivity contribution in [3.8, 4) is 11.8 Å². The van der Waals surface area contributed by atoms with Crippen molar-refractivity contribution in [1.82, 2.24) is 9.88 Å². The fraction of sp³-hybridized carbons (Fsp3) is 0.345. The largest absolute Gasteiger partial charge is 0.492 e. The van der Waals surface area contributed by atoms with Crippen LogP contribution in [-0.2, 0) is 11.2 Å². The summed E-state index contributed by atoms with van der Waals surface area (Å²) in [6.45, 7) is 7.01. The van der Waals surface area contributed by atoms with Crippen molar-refractivity contribution in [3.05, 3.63) is 64.6 Å². The van der Waals surface area contributed by atoms with E-state index in [0.717, 1.165) is 19.6 Å². The van der Waals surface area contributed by atoms with Gasteiger partial charge in [-0.2, -0.15) is 5.26 Å². The Morgan fingerprint density at radius 2 is 2.03 bits per heavy atom. The molecule has 0 saturated carbocycles. The van der Waals surface area contributed by atoms with Crippen molar-refractivity contribution in [2.45, 2.75) is 39.5 Å². The SMILES string of the molecule is CCOc1cc2nc(CC)c(C#N)c(Nc3ccc(F)c(Cl)c3)c2cc1NC(=O)/C=C/CN1CCCCC1. The average Bonchev–Trinajstić information content (AvgIpc) is 2.91. The Labute approximate surface area is 227 Å². The number of likely N-dealkylation sites (tertiary alicyclic amines) is 1. The molecule has 4 rings (SSSR count). The predicted molar refractivity (Wildman–Crippen MR) is 150 cm³/mol. The highest BCUT2D eigenvalue weighted by molar-refractivity contribution is 6.31. The Morgan fingerprint density at radius 1 is 1.24 bits per heavy atom. The molecule has 1 aromatic heterocycles. The number of aryl methyl sites for hydroxylation is 1. The first-order chi connectivity index (χ1) is 18.4. The minimum absolute atomic E-state index is 0.0366. The van der Waals surface area contributed by atoms with Gasteiger partial charge in [-0.3, -0.25) is 14.7 Å². The van der Waals surface area contributed by atoms with Crippen molar-refractivity contribution in [2.75, 3.05) is 36.9 Å². The monoisotopic (exact) mass is 535 g/mol. The summed E-state index contributed by atoms with van der Waals surface area (Å²) in [7, 11) is 0. The molecule has 38 heavy (non-hydrogen) atoms. The first kappa shape index (κ1) is 27.4. The summed E-state index contributed by atoms with van der Waals surface area (Å²) in [5, 5.41) is 16.7. The van der Waals surface area contributed by atoms with Gasteiger partial charge in [0.2, 0.25) is 5.91 Å². The fourth-order valence-corrected chi connectivity index (χ4v) is 4.74. The van der Waals surface area contributed by atoms with Gasteiger partial charge >= 0.3 is 0 Å². The van der Waals surface area contributed by atoms with E-state index in [0.29, 0.717) is 58.0 Å². The summed E-state index contributed by atoms with van der Waals surface area (Å²) in [6.07, 6.45) is 7.57. The lowest BCUT2D eigenvalue weighted by atomic mass is 10.0. The van der Waals surface area contributed by atoms with E-state index in [-0.39, 0.29) is 10.9 Å². The number of piperidine rings is 1. The highest BCUT2D eigenvalue weighted by Crippen LogP contribution is 2.38. The van der Waals surface area contributed by atoms with Gasteiger partial charge in [0.15, 0.2) is 0 Å². The van der Waals surface area contributed by atoms with Crippen molar-refractivity contribution >= 4 is 45.5 Å². The number of carbonyl (C=O) groups is 1. The second-order valence-corrected chi connectivity index (χ2v) is 9.49. The van der Waals surface area contributed by atoms with Crippen LogP contribution in [0, 0.1) is 17.1 Å². The second kappa shape index (κ2) is 12.7. The molecule has 0 atom stereocenters. The summed E-state index contributed by atoms with van der Waals surface area (Å²) in [4.78, 5) is 19.8. The molecule has 198 valence electrons.